The van der Waals surface area contributed by atoms with Crippen LogP contribution in [0.15, 0.2) is 36.4 Å². The van der Waals surface area contributed by atoms with Gasteiger partial charge in [0.05, 0.1) is 5.56 Å². The van der Waals surface area contributed by atoms with Crippen molar-refractivity contribution < 1.29 is 22.3 Å². The summed E-state index contributed by atoms with van der Waals surface area (Å²) in [6, 6.07) is 8.10. The maximum atomic E-state index is 13.6. The van der Waals surface area contributed by atoms with Gasteiger partial charge in [0.15, 0.2) is 0 Å². The van der Waals surface area contributed by atoms with Gasteiger partial charge in [-0.3, -0.25) is 0 Å². The van der Waals surface area contributed by atoms with E-state index in [1.165, 1.54) is 0 Å². The molecule has 1 N–H and O–H groups in total. The highest BCUT2D eigenvalue weighted by molar-refractivity contribution is 5.85. The van der Waals surface area contributed by atoms with Gasteiger partial charge in [-0.2, -0.15) is 13.2 Å². The molecule has 2 nitrogen and oxygen atoms in total. The van der Waals surface area contributed by atoms with Crippen molar-refractivity contribution in [1.82, 2.24) is 5.32 Å². The van der Waals surface area contributed by atoms with Gasteiger partial charge >= 0.3 is 6.18 Å². The van der Waals surface area contributed by atoms with E-state index >= 15 is 0 Å². The lowest BCUT2D eigenvalue weighted by molar-refractivity contribution is -0.140. The van der Waals surface area contributed by atoms with E-state index in [2.05, 4.69) is 5.32 Å². The summed E-state index contributed by atoms with van der Waals surface area (Å²) in [5.74, 6) is -0.730. The molecule has 0 spiro atoms. The van der Waals surface area contributed by atoms with Gasteiger partial charge in [-0.1, -0.05) is 12.1 Å². The molecule has 23 heavy (non-hydrogen) atoms. The van der Waals surface area contributed by atoms with Gasteiger partial charge in [0, 0.05) is 18.2 Å². The minimum absolute atomic E-state index is 0. The van der Waals surface area contributed by atoms with Gasteiger partial charge in [-0.15, -0.1) is 12.4 Å². The number of fused-ring (bicyclic) bond motifs is 1. The van der Waals surface area contributed by atoms with Crippen LogP contribution in [0.5, 0.6) is 11.5 Å². The quantitative estimate of drug-likeness (QED) is 0.795. The Labute approximate surface area is 136 Å². The van der Waals surface area contributed by atoms with Crippen LogP contribution >= 0.6 is 12.4 Å². The second kappa shape index (κ2) is 6.76. The predicted octanol–water partition coefficient (Wildman–Crippen LogP) is 4.70. The first-order valence-corrected chi connectivity index (χ1v) is 6.81. The number of benzene rings is 2. The first-order chi connectivity index (χ1) is 10.4. The van der Waals surface area contributed by atoms with E-state index in [9.17, 15) is 17.6 Å². The molecule has 0 radical (unpaired) electrons. The summed E-state index contributed by atoms with van der Waals surface area (Å²) in [5, 5.41) is 3.22. The fourth-order valence-corrected chi connectivity index (χ4v) is 2.51. The van der Waals surface area contributed by atoms with Gasteiger partial charge in [0.2, 0.25) is 0 Å². The Balaban J connectivity index is 0.00000192. The van der Waals surface area contributed by atoms with Crippen LogP contribution in [0.1, 0.15) is 16.7 Å². The Morgan fingerprint density at radius 3 is 2.57 bits per heavy atom. The zero-order valence-electron chi connectivity index (χ0n) is 11.9. The molecule has 0 aromatic heterocycles. The highest BCUT2D eigenvalue weighted by Crippen LogP contribution is 2.35. The Hall–Kier alpha value is -1.79. The molecule has 3 rings (SSSR count). The first-order valence-electron chi connectivity index (χ1n) is 6.81. The Bertz CT molecular complexity index is 703. The Kier molecular flexibility index (Phi) is 5.16. The number of rotatable bonds is 2. The molecule has 1 aliphatic heterocycles. The van der Waals surface area contributed by atoms with E-state index in [1.54, 1.807) is 6.07 Å². The molecule has 0 saturated heterocycles. The van der Waals surface area contributed by atoms with E-state index in [-0.39, 0.29) is 18.2 Å². The van der Waals surface area contributed by atoms with E-state index in [1.807, 2.05) is 12.1 Å². The first kappa shape index (κ1) is 17.6. The van der Waals surface area contributed by atoms with Crippen molar-refractivity contribution in [3.63, 3.8) is 0 Å². The van der Waals surface area contributed by atoms with Crippen molar-refractivity contribution in [1.29, 1.82) is 0 Å². The second-order valence-corrected chi connectivity index (χ2v) is 5.06. The lowest BCUT2D eigenvalue weighted by atomic mass is 10.0. The maximum absolute atomic E-state index is 13.6. The van der Waals surface area contributed by atoms with E-state index in [4.69, 9.17) is 4.74 Å². The smallest absolute Gasteiger partial charge is 0.419 e. The summed E-state index contributed by atoms with van der Waals surface area (Å²) in [7, 11) is 0. The number of hydrogen-bond acceptors (Lipinski definition) is 2. The molecular formula is C16H14ClF4NO. The van der Waals surface area contributed by atoms with Crippen LogP contribution < -0.4 is 10.1 Å². The molecule has 0 unspecified atom stereocenters. The molecule has 2 aromatic rings. The van der Waals surface area contributed by atoms with Crippen LogP contribution in [0.4, 0.5) is 17.6 Å². The SMILES string of the molecule is Cl.Fc1cc(Oc2cccc3c2CCNC3)ccc1C(F)(F)F. The zero-order chi connectivity index (χ0) is 15.7. The topological polar surface area (TPSA) is 21.3 Å². The van der Waals surface area contributed by atoms with Crippen molar-refractivity contribution >= 4 is 12.4 Å². The van der Waals surface area contributed by atoms with Gasteiger partial charge in [-0.25, -0.2) is 4.39 Å². The van der Waals surface area contributed by atoms with Crippen LogP contribution in [-0.4, -0.2) is 6.54 Å². The molecule has 0 saturated carbocycles. The number of nitrogens with one attached hydrogen (secondary N) is 1. The molecule has 1 aliphatic rings. The normalized spacial score (nSPS) is 13.9. The molecule has 0 atom stereocenters. The minimum Gasteiger partial charge on any atom is -0.457 e. The minimum atomic E-state index is -4.71. The summed E-state index contributed by atoms with van der Waals surface area (Å²) in [4.78, 5) is 0. The largest absolute Gasteiger partial charge is 0.457 e. The lowest BCUT2D eigenvalue weighted by Crippen LogP contribution is -2.23. The molecule has 0 aliphatic carbocycles. The van der Waals surface area contributed by atoms with Gasteiger partial charge in [-0.05, 0) is 36.7 Å². The summed E-state index contributed by atoms with van der Waals surface area (Å²) in [5.41, 5.74) is 0.789. The highest BCUT2D eigenvalue weighted by Gasteiger charge is 2.34. The molecule has 0 amide bonds. The third-order valence-electron chi connectivity index (χ3n) is 3.57. The van der Waals surface area contributed by atoms with Crippen LogP contribution in [0.3, 0.4) is 0 Å². The van der Waals surface area contributed by atoms with Crippen molar-refractivity contribution in [3.05, 3.63) is 58.9 Å². The third kappa shape index (κ3) is 3.76. The molecule has 1 heterocycles. The van der Waals surface area contributed by atoms with Gasteiger partial charge in [0.1, 0.15) is 17.3 Å². The summed E-state index contributed by atoms with van der Waals surface area (Å²) in [6.07, 6.45) is -3.95. The van der Waals surface area contributed by atoms with Crippen molar-refractivity contribution in [2.45, 2.75) is 19.1 Å². The number of hydrogen-bond donors (Lipinski definition) is 1. The molecular weight excluding hydrogens is 334 g/mol. The fraction of sp³-hybridized carbons (Fsp3) is 0.250. The van der Waals surface area contributed by atoms with Crippen molar-refractivity contribution in [2.24, 2.45) is 0 Å². The standard InChI is InChI=1S/C16H13F4NO.ClH/c17-14-8-11(4-5-13(14)16(18,19)20)22-15-3-1-2-10-9-21-7-6-12(10)15;/h1-5,8,21H,6-7,9H2;1H. The van der Waals surface area contributed by atoms with Crippen molar-refractivity contribution in [3.8, 4) is 11.5 Å². The molecule has 2 aromatic carbocycles. The van der Waals surface area contributed by atoms with Crippen LogP contribution in [0, 0.1) is 5.82 Å². The lowest BCUT2D eigenvalue weighted by Gasteiger charge is -2.20. The molecule has 7 heteroatoms. The van der Waals surface area contributed by atoms with E-state index in [0.29, 0.717) is 18.4 Å². The fourth-order valence-electron chi connectivity index (χ4n) is 2.51. The average Bonchev–Trinajstić information content (AvgIpc) is 2.46. The summed E-state index contributed by atoms with van der Waals surface area (Å²) in [6.45, 7) is 1.52. The maximum Gasteiger partial charge on any atom is 0.419 e. The second-order valence-electron chi connectivity index (χ2n) is 5.06. The summed E-state index contributed by atoms with van der Waals surface area (Å²) >= 11 is 0. The van der Waals surface area contributed by atoms with Crippen LogP contribution in [0.25, 0.3) is 0 Å². The number of halogens is 5. The third-order valence-corrected chi connectivity index (χ3v) is 3.57. The van der Waals surface area contributed by atoms with Crippen LogP contribution in [0.2, 0.25) is 0 Å². The molecule has 0 fully saturated rings. The molecule has 0 bridgehead atoms. The summed E-state index contributed by atoms with van der Waals surface area (Å²) < 4.78 is 56.8. The Morgan fingerprint density at radius 2 is 1.87 bits per heavy atom. The predicted molar refractivity (Wildman–Crippen MR) is 80.6 cm³/mol. The highest BCUT2D eigenvalue weighted by atomic mass is 35.5. The zero-order valence-corrected chi connectivity index (χ0v) is 12.7. The average molecular weight is 348 g/mol. The van der Waals surface area contributed by atoms with E-state index < -0.39 is 17.6 Å². The van der Waals surface area contributed by atoms with E-state index in [0.717, 1.165) is 36.2 Å². The monoisotopic (exact) mass is 347 g/mol. The number of alkyl halides is 3. The Morgan fingerprint density at radius 1 is 1.09 bits per heavy atom. The van der Waals surface area contributed by atoms with Gasteiger partial charge in [0.25, 0.3) is 0 Å². The van der Waals surface area contributed by atoms with Crippen LogP contribution in [-0.2, 0) is 19.1 Å². The van der Waals surface area contributed by atoms with Crippen molar-refractivity contribution in [2.75, 3.05) is 6.54 Å². The molecule has 124 valence electrons. The number of ether oxygens (including phenoxy) is 1. The van der Waals surface area contributed by atoms with Gasteiger partial charge < -0.3 is 10.1 Å².